The predicted molar refractivity (Wildman–Crippen MR) is 98.8 cm³/mol. The first-order valence-corrected chi connectivity index (χ1v) is 9.56. The van der Waals surface area contributed by atoms with Crippen molar-refractivity contribution in [3.05, 3.63) is 53.9 Å². The maximum atomic E-state index is 13.6. The third-order valence-corrected chi connectivity index (χ3v) is 5.71. The smallest absolute Gasteiger partial charge is 0.159 e. The van der Waals surface area contributed by atoms with Gasteiger partial charge in [-0.3, -0.25) is 5.10 Å². The number of rotatable bonds is 4. The van der Waals surface area contributed by atoms with Crippen LogP contribution in [0.2, 0.25) is 0 Å². The molecule has 3 nitrogen and oxygen atoms in total. The molecule has 1 fully saturated rings. The number of nitrogens with one attached hydrogen (secondary N) is 1. The maximum absolute atomic E-state index is 13.6. The van der Waals surface area contributed by atoms with Crippen molar-refractivity contribution in [1.29, 1.82) is 0 Å². The minimum absolute atomic E-state index is 0.355. The number of likely N-dealkylation sites (tertiary alicyclic amines) is 1. The van der Waals surface area contributed by atoms with Gasteiger partial charge in [0.25, 0.3) is 0 Å². The van der Waals surface area contributed by atoms with Crippen molar-refractivity contribution in [2.75, 3.05) is 19.6 Å². The maximum Gasteiger partial charge on any atom is 0.159 e. The predicted octanol–water partition coefficient (Wildman–Crippen LogP) is 4.89. The van der Waals surface area contributed by atoms with E-state index in [0.29, 0.717) is 11.5 Å². The van der Waals surface area contributed by atoms with Crippen LogP contribution in [-0.4, -0.2) is 34.7 Å². The SMILES string of the molecule is Fc1ccc(-c2cn[nH]c2[C@@H]2CCCN(C[C@@H]3CC=CCC3)C2)cc1F. The summed E-state index contributed by atoms with van der Waals surface area (Å²) in [7, 11) is 0. The van der Waals surface area contributed by atoms with Crippen molar-refractivity contribution in [2.24, 2.45) is 5.92 Å². The summed E-state index contributed by atoms with van der Waals surface area (Å²) < 4.78 is 26.9. The Labute approximate surface area is 153 Å². The molecule has 0 unspecified atom stereocenters. The largest absolute Gasteiger partial charge is 0.302 e. The van der Waals surface area contributed by atoms with E-state index in [9.17, 15) is 8.78 Å². The first-order valence-electron chi connectivity index (χ1n) is 9.56. The van der Waals surface area contributed by atoms with E-state index in [0.717, 1.165) is 49.7 Å². The fourth-order valence-electron chi connectivity index (χ4n) is 4.35. The Bertz CT molecular complexity index is 783. The molecule has 0 spiro atoms. The number of halogens is 2. The molecule has 2 aliphatic rings. The number of hydrogen-bond acceptors (Lipinski definition) is 2. The van der Waals surface area contributed by atoms with E-state index in [1.165, 1.54) is 31.4 Å². The average molecular weight is 357 g/mol. The van der Waals surface area contributed by atoms with Gasteiger partial charge in [-0.15, -0.1) is 0 Å². The number of H-pyrrole nitrogens is 1. The highest BCUT2D eigenvalue weighted by molar-refractivity contribution is 5.66. The van der Waals surface area contributed by atoms with Gasteiger partial charge < -0.3 is 4.90 Å². The molecular weight excluding hydrogens is 332 g/mol. The number of aromatic amines is 1. The van der Waals surface area contributed by atoms with E-state index in [1.807, 2.05) is 0 Å². The average Bonchev–Trinajstić information content (AvgIpc) is 3.15. The summed E-state index contributed by atoms with van der Waals surface area (Å²) in [5, 5.41) is 7.33. The van der Waals surface area contributed by atoms with Gasteiger partial charge in [0.05, 0.1) is 6.20 Å². The molecule has 1 N–H and O–H groups in total. The highest BCUT2D eigenvalue weighted by atomic mass is 19.2. The van der Waals surface area contributed by atoms with Crippen LogP contribution in [0.15, 0.2) is 36.5 Å². The Kier molecular flexibility index (Phi) is 5.16. The normalized spacial score (nSPS) is 24.1. The summed E-state index contributed by atoms with van der Waals surface area (Å²) in [5.41, 5.74) is 2.61. The zero-order valence-electron chi connectivity index (χ0n) is 14.9. The third kappa shape index (κ3) is 3.73. The molecule has 26 heavy (non-hydrogen) atoms. The van der Waals surface area contributed by atoms with Gasteiger partial charge in [0, 0.05) is 30.3 Å². The van der Waals surface area contributed by atoms with E-state index >= 15 is 0 Å². The monoisotopic (exact) mass is 357 g/mol. The molecule has 1 saturated heterocycles. The fourth-order valence-corrected chi connectivity index (χ4v) is 4.35. The van der Waals surface area contributed by atoms with Crippen molar-refractivity contribution < 1.29 is 8.78 Å². The number of hydrogen-bond donors (Lipinski definition) is 1. The quantitative estimate of drug-likeness (QED) is 0.790. The fraction of sp³-hybridized carbons (Fsp3) is 0.476. The minimum atomic E-state index is -0.816. The van der Waals surface area contributed by atoms with Crippen LogP contribution in [0.5, 0.6) is 0 Å². The third-order valence-electron chi connectivity index (χ3n) is 5.71. The first-order chi connectivity index (χ1) is 12.7. The van der Waals surface area contributed by atoms with E-state index in [2.05, 4.69) is 27.2 Å². The number of piperidine rings is 1. The Hall–Kier alpha value is -2.01. The van der Waals surface area contributed by atoms with Gasteiger partial charge >= 0.3 is 0 Å². The minimum Gasteiger partial charge on any atom is -0.302 e. The van der Waals surface area contributed by atoms with Crippen LogP contribution in [0, 0.1) is 17.6 Å². The van der Waals surface area contributed by atoms with Crippen LogP contribution in [0.1, 0.15) is 43.7 Å². The van der Waals surface area contributed by atoms with Gasteiger partial charge in [-0.05, 0) is 62.3 Å². The summed E-state index contributed by atoms with van der Waals surface area (Å²) in [6.45, 7) is 3.29. The number of aromatic nitrogens is 2. The summed E-state index contributed by atoms with van der Waals surface area (Å²) in [6, 6.07) is 4.07. The van der Waals surface area contributed by atoms with Crippen molar-refractivity contribution in [3.63, 3.8) is 0 Å². The van der Waals surface area contributed by atoms with Gasteiger partial charge in [0.15, 0.2) is 11.6 Å². The molecule has 5 heteroatoms. The molecular formula is C21H25F2N3. The van der Waals surface area contributed by atoms with Crippen molar-refractivity contribution in [1.82, 2.24) is 15.1 Å². The van der Waals surface area contributed by atoms with E-state index in [4.69, 9.17) is 0 Å². The molecule has 0 radical (unpaired) electrons. The van der Waals surface area contributed by atoms with Crippen molar-refractivity contribution in [3.8, 4) is 11.1 Å². The molecule has 2 heterocycles. The van der Waals surface area contributed by atoms with Crippen LogP contribution in [-0.2, 0) is 0 Å². The lowest BCUT2D eigenvalue weighted by Crippen LogP contribution is -2.38. The standard InChI is InChI=1S/C21H25F2N3/c22-19-9-8-16(11-20(19)23)18-12-24-25-21(18)17-7-4-10-26(14-17)13-15-5-2-1-3-6-15/h1-2,8-9,11-12,15,17H,3-7,10,13-14H2,(H,24,25)/t15-,17-/m1/s1. The molecule has 1 aliphatic heterocycles. The van der Waals surface area contributed by atoms with E-state index < -0.39 is 11.6 Å². The topological polar surface area (TPSA) is 31.9 Å². The number of allylic oxidation sites excluding steroid dienone is 2. The lowest BCUT2D eigenvalue weighted by atomic mass is 9.88. The molecule has 0 bridgehead atoms. The Morgan fingerprint density at radius 2 is 2.08 bits per heavy atom. The van der Waals surface area contributed by atoms with Crippen LogP contribution in [0.25, 0.3) is 11.1 Å². The van der Waals surface area contributed by atoms with Crippen molar-refractivity contribution in [2.45, 2.75) is 38.0 Å². The van der Waals surface area contributed by atoms with Crippen LogP contribution < -0.4 is 0 Å². The molecule has 1 aromatic carbocycles. The van der Waals surface area contributed by atoms with Gasteiger partial charge in [-0.2, -0.15) is 5.10 Å². The van der Waals surface area contributed by atoms with E-state index in [1.54, 1.807) is 12.3 Å². The van der Waals surface area contributed by atoms with Gasteiger partial charge in [0.2, 0.25) is 0 Å². The second-order valence-corrected chi connectivity index (χ2v) is 7.58. The summed E-state index contributed by atoms with van der Waals surface area (Å²) >= 11 is 0. The number of benzene rings is 1. The number of nitrogens with zero attached hydrogens (tertiary/aromatic N) is 2. The lowest BCUT2D eigenvalue weighted by molar-refractivity contribution is 0.173. The highest BCUT2D eigenvalue weighted by Gasteiger charge is 2.26. The zero-order valence-corrected chi connectivity index (χ0v) is 14.9. The van der Waals surface area contributed by atoms with Crippen LogP contribution in [0.3, 0.4) is 0 Å². The summed E-state index contributed by atoms with van der Waals surface area (Å²) in [4.78, 5) is 2.56. The zero-order chi connectivity index (χ0) is 17.9. The van der Waals surface area contributed by atoms with Crippen molar-refractivity contribution >= 4 is 0 Å². The molecule has 2 aromatic rings. The summed E-state index contributed by atoms with van der Waals surface area (Å²) in [5.74, 6) is -0.519. The van der Waals surface area contributed by atoms with Gasteiger partial charge in [-0.1, -0.05) is 18.2 Å². The molecule has 1 aliphatic carbocycles. The molecule has 4 rings (SSSR count). The molecule has 0 amide bonds. The Morgan fingerprint density at radius 1 is 1.15 bits per heavy atom. The van der Waals surface area contributed by atoms with Crippen LogP contribution in [0.4, 0.5) is 8.78 Å². The second-order valence-electron chi connectivity index (χ2n) is 7.58. The van der Waals surface area contributed by atoms with Crippen LogP contribution >= 0.6 is 0 Å². The molecule has 138 valence electrons. The Morgan fingerprint density at radius 3 is 2.88 bits per heavy atom. The van der Waals surface area contributed by atoms with Gasteiger partial charge in [0.1, 0.15) is 0 Å². The lowest BCUT2D eigenvalue weighted by Gasteiger charge is -2.35. The molecule has 0 saturated carbocycles. The summed E-state index contributed by atoms with van der Waals surface area (Å²) in [6.07, 6.45) is 12.2. The Balaban J connectivity index is 1.49. The molecule has 2 atom stereocenters. The highest BCUT2D eigenvalue weighted by Crippen LogP contribution is 2.34. The molecule has 1 aromatic heterocycles. The van der Waals surface area contributed by atoms with Gasteiger partial charge in [-0.25, -0.2) is 8.78 Å². The van der Waals surface area contributed by atoms with E-state index in [-0.39, 0.29) is 0 Å². The first kappa shape index (κ1) is 17.4. The second kappa shape index (κ2) is 7.70.